The van der Waals surface area contributed by atoms with E-state index in [4.69, 9.17) is 0 Å². The average molecular weight is 269 g/mol. The maximum absolute atomic E-state index is 10.5. The minimum Gasteiger partial charge on any atom is -0.550 e. The maximum atomic E-state index is 10.5. The van der Waals surface area contributed by atoms with E-state index >= 15 is 0 Å². The molecule has 2 aromatic carbocycles. The highest BCUT2D eigenvalue weighted by Crippen LogP contribution is 2.46. The van der Waals surface area contributed by atoms with Gasteiger partial charge in [0.2, 0.25) is 0 Å². The van der Waals surface area contributed by atoms with Gasteiger partial charge >= 0.3 is 0 Å². The fourth-order valence-electron chi connectivity index (χ4n) is 2.62. The van der Waals surface area contributed by atoms with Gasteiger partial charge in [-0.05, 0) is 35.8 Å². The SMILES string of the molecule is Cp1c2ccccc2c2cc(CCC(=O)[O-])ccc21. The lowest BCUT2D eigenvalue weighted by Gasteiger charge is -2.03. The number of benzene rings is 2. The van der Waals surface area contributed by atoms with Gasteiger partial charge < -0.3 is 9.90 Å². The Morgan fingerprint density at radius 3 is 2.63 bits per heavy atom. The smallest absolute Gasteiger partial charge is 0.0417 e. The van der Waals surface area contributed by atoms with Crippen molar-refractivity contribution in [3.05, 3.63) is 48.0 Å². The molecule has 1 unspecified atom stereocenters. The quantitative estimate of drug-likeness (QED) is 0.732. The van der Waals surface area contributed by atoms with Crippen molar-refractivity contribution in [2.75, 3.05) is 0 Å². The van der Waals surface area contributed by atoms with E-state index in [9.17, 15) is 9.90 Å². The summed E-state index contributed by atoms with van der Waals surface area (Å²) in [4.78, 5) is 10.5. The summed E-state index contributed by atoms with van der Waals surface area (Å²) in [6.07, 6.45) is 0.626. The molecule has 3 heteroatoms. The monoisotopic (exact) mass is 269 g/mol. The summed E-state index contributed by atoms with van der Waals surface area (Å²) in [5.74, 6) is -0.987. The summed E-state index contributed by atoms with van der Waals surface area (Å²) in [7, 11) is -0.259. The number of aliphatic carboxylic acids is 1. The Kier molecular flexibility index (Phi) is 3.04. The Balaban J connectivity index is 2.16. The summed E-state index contributed by atoms with van der Waals surface area (Å²) >= 11 is 0. The Morgan fingerprint density at radius 1 is 1.11 bits per heavy atom. The number of carboxylic acids is 1. The number of carboxylic acid groups (broad SMARTS) is 1. The van der Waals surface area contributed by atoms with Crippen LogP contribution in [-0.4, -0.2) is 5.97 Å². The second-order valence-corrected chi connectivity index (χ2v) is 6.88. The Morgan fingerprint density at radius 2 is 1.84 bits per heavy atom. The van der Waals surface area contributed by atoms with Crippen LogP contribution < -0.4 is 5.11 Å². The van der Waals surface area contributed by atoms with Crippen LogP contribution in [0.2, 0.25) is 0 Å². The van der Waals surface area contributed by atoms with Crippen molar-refractivity contribution in [2.24, 2.45) is 6.66 Å². The second-order valence-electron chi connectivity index (χ2n) is 4.80. The molecular weight excluding hydrogens is 255 g/mol. The van der Waals surface area contributed by atoms with Crippen molar-refractivity contribution in [1.29, 1.82) is 0 Å². The van der Waals surface area contributed by atoms with Gasteiger partial charge in [0.25, 0.3) is 0 Å². The first-order valence-corrected chi connectivity index (χ1v) is 8.11. The maximum Gasteiger partial charge on any atom is 0.0417 e. The molecule has 0 radical (unpaired) electrons. The van der Waals surface area contributed by atoms with Crippen molar-refractivity contribution in [2.45, 2.75) is 12.8 Å². The van der Waals surface area contributed by atoms with E-state index < -0.39 is 5.97 Å². The first kappa shape index (κ1) is 12.3. The molecule has 0 aliphatic carbocycles. The molecule has 19 heavy (non-hydrogen) atoms. The van der Waals surface area contributed by atoms with Crippen LogP contribution in [0.15, 0.2) is 42.5 Å². The van der Waals surface area contributed by atoms with Gasteiger partial charge in [-0.2, -0.15) is 0 Å². The summed E-state index contributed by atoms with van der Waals surface area (Å²) in [5, 5.41) is 16.0. The van der Waals surface area contributed by atoms with Gasteiger partial charge in [0, 0.05) is 16.2 Å². The van der Waals surface area contributed by atoms with Crippen LogP contribution in [0, 0.1) is 0 Å². The van der Waals surface area contributed by atoms with E-state index in [1.165, 1.54) is 21.0 Å². The van der Waals surface area contributed by atoms with Crippen LogP contribution in [0.3, 0.4) is 0 Å². The lowest BCUT2D eigenvalue weighted by Crippen LogP contribution is -2.22. The zero-order chi connectivity index (χ0) is 13.4. The normalized spacial score (nSPS) is 12.2. The van der Waals surface area contributed by atoms with Crippen LogP contribution in [0.1, 0.15) is 12.0 Å². The van der Waals surface area contributed by atoms with Gasteiger partial charge in [-0.1, -0.05) is 42.5 Å². The number of rotatable bonds is 3. The van der Waals surface area contributed by atoms with Crippen molar-refractivity contribution < 1.29 is 9.90 Å². The predicted octanol–water partition coefficient (Wildman–Crippen LogP) is 3.20. The molecule has 0 amide bonds. The molecule has 0 bridgehead atoms. The number of fused-ring (bicyclic) bond motifs is 3. The first-order valence-electron chi connectivity index (χ1n) is 6.33. The largest absolute Gasteiger partial charge is 0.550 e. The third-order valence-corrected chi connectivity index (χ3v) is 5.82. The number of hydrogen-bond acceptors (Lipinski definition) is 2. The van der Waals surface area contributed by atoms with Crippen LogP contribution >= 0.6 is 7.53 Å². The van der Waals surface area contributed by atoms with E-state index in [0.717, 1.165) is 5.56 Å². The van der Waals surface area contributed by atoms with Crippen molar-refractivity contribution in [3.8, 4) is 0 Å². The highest BCUT2D eigenvalue weighted by molar-refractivity contribution is 7.59. The molecule has 0 saturated heterocycles. The molecule has 0 N–H and O–H groups in total. The summed E-state index contributed by atoms with van der Waals surface area (Å²) in [5.41, 5.74) is 1.07. The Hall–Kier alpha value is -1.79. The highest BCUT2D eigenvalue weighted by atomic mass is 31.1. The number of carbonyl (C=O) groups is 1. The van der Waals surface area contributed by atoms with Crippen molar-refractivity contribution >= 4 is 34.5 Å². The molecule has 1 aromatic heterocycles. The van der Waals surface area contributed by atoms with E-state index in [2.05, 4.69) is 43.1 Å². The van der Waals surface area contributed by atoms with Gasteiger partial charge in [-0.3, -0.25) is 0 Å². The highest BCUT2D eigenvalue weighted by Gasteiger charge is 2.08. The van der Waals surface area contributed by atoms with Crippen LogP contribution in [0.5, 0.6) is 0 Å². The van der Waals surface area contributed by atoms with E-state index in [1.54, 1.807) is 0 Å². The number of carbonyl (C=O) groups excluding carboxylic acids is 1. The first-order chi connectivity index (χ1) is 9.16. The Bertz CT molecular complexity index is 771. The molecule has 0 aliphatic heterocycles. The fraction of sp³-hybridized carbons (Fsp3) is 0.188. The van der Waals surface area contributed by atoms with Crippen molar-refractivity contribution in [1.82, 2.24) is 0 Å². The van der Waals surface area contributed by atoms with Gasteiger partial charge in [-0.15, -0.1) is 7.53 Å². The third-order valence-electron chi connectivity index (χ3n) is 3.60. The number of aryl methyl sites for hydroxylation is 2. The van der Waals surface area contributed by atoms with E-state index in [-0.39, 0.29) is 14.0 Å². The van der Waals surface area contributed by atoms with Crippen LogP contribution in [0.25, 0.3) is 21.0 Å². The lowest BCUT2D eigenvalue weighted by molar-refractivity contribution is -0.305. The van der Waals surface area contributed by atoms with Gasteiger partial charge in [0.1, 0.15) is 0 Å². The average Bonchev–Trinajstić information content (AvgIpc) is 2.71. The molecule has 3 aromatic rings. The zero-order valence-electron chi connectivity index (χ0n) is 10.7. The Labute approximate surface area is 112 Å². The minimum atomic E-state index is -0.987. The molecular formula is C16H14O2P-. The molecule has 0 aliphatic rings. The molecule has 2 nitrogen and oxygen atoms in total. The number of hydrogen-bond donors (Lipinski definition) is 0. The predicted molar refractivity (Wildman–Crippen MR) is 78.5 cm³/mol. The molecule has 3 rings (SSSR count). The standard InChI is InChI=1S/C16H15O2P/c1-19-14-5-3-2-4-12(14)13-10-11(6-8-15(13)19)7-9-16(17)18/h2-6,8,10H,7,9H2,1H3,(H,17,18)/p-1. The summed E-state index contributed by atoms with van der Waals surface area (Å²) < 4.78 is 0. The third kappa shape index (κ3) is 2.13. The second kappa shape index (κ2) is 4.71. The molecule has 96 valence electrons. The fourth-order valence-corrected chi connectivity index (χ4v) is 4.59. The van der Waals surface area contributed by atoms with Crippen molar-refractivity contribution in [3.63, 3.8) is 0 Å². The lowest BCUT2D eigenvalue weighted by atomic mass is 10.1. The zero-order valence-corrected chi connectivity index (χ0v) is 11.6. The minimum absolute atomic E-state index is 0.0846. The molecule has 1 heterocycles. The van der Waals surface area contributed by atoms with Crippen LogP contribution in [-0.2, 0) is 17.9 Å². The topological polar surface area (TPSA) is 40.1 Å². The van der Waals surface area contributed by atoms with Gasteiger partial charge in [0.05, 0.1) is 0 Å². The molecule has 1 atom stereocenters. The molecule has 0 spiro atoms. The van der Waals surface area contributed by atoms with E-state index in [1.807, 2.05) is 6.07 Å². The van der Waals surface area contributed by atoms with Gasteiger partial charge in [0.15, 0.2) is 0 Å². The van der Waals surface area contributed by atoms with E-state index in [0.29, 0.717) is 6.42 Å². The molecule has 0 fully saturated rings. The van der Waals surface area contributed by atoms with Crippen LogP contribution in [0.4, 0.5) is 0 Å². The molecule has 0 saturated carbocycles. The summed E-state index contributed by atoms with van der Waals surface area (Å²) in [6, 6.07) is 14.8. The summed E-state index contributed by atoms with van der Waals surface area (Å²) in [6.45, 7) is 2.28. The van der Waals surface area contributed by atoms with Gasteiger partial charge in [-0.25, -0.2) is 0 Å².